The van der Waals surface area contributed by atoms with Gasteiger partial charge in [0.1, 0.15) is 11.5 Å². The van der Waals surface area contributed by atoms with E-state index in [2.05, 4.69) is 24.0 Å². The van der Waals surface area contributed by atoms with E-state index in [9.17, 15) is 12.8 Å². The van der Waals surface area contributed by atoms with Gasteiger partial charge in [0.2, 0.25) is 10.0 Å². The molecular formula is C22H20FN3O2S. The maximum absolute atomic E-state index is 13.6. The van der Waals surface area contributed by atoms with Crippen molar-refractivity contribution in [3.05, 3.63) is 72.0 Å². The quantitative estimate of drug-likeness (QED) is 0.507. The highest BCUT2D eigenvalue weighted by Gasteiger charge is 2.22. The molecule has 1 heterocycles. The largest absolute Gasteiger partial charge is 0.277 e. The van der Waals surface area contributed by atoms with Crippen LogP contribution in [0, 0.1) is 5.82 Å². The van der Waals surface area contributed by atoms with Gasteiger partial charge in [-0.15, -0.1) is 0 Å². The lowest BCUT2D eigenvalue weighted by Gasteiger charge is -2.14. The molecule has 0 saturated carbocycles. The van der Waals surface area contributed by atoms with Gasteiger partial charge in [0.05, 0.1) is 10.4 Å². The van der Waals surface area contributed by atoms with Crippen molar-refractivity contribution in [2.24, 2.45) is 5.14 Å². The van der Waals surface area contributed by atoms with E-state index in [0.29, 0.717) is 39.2 Å². The predicted octanol–water partition coefficient (Wildman–Crippen LogP) is 4.81. The van der Waals surface area contributed by atoms with Gasteiger partial charge in [-0.2, -0.15) is 5.10 Å². The fourth-order valence-corrected chi connectivity index (χ4v) is 4.28. The molecule has 4 rings (SSSR count). The molecule has 0 unspecified atom stereocenters. The molecule has 1 aromatic heterocycles. The highest BCUT2D eigenvalue weighted by molar-refractivity contribution is 7.89. The molecule has 7 heteroatoms. The van der Waals surface area contributed by atoms with Crippen LogP contribution in [0.1, 0.15) is 25.3 Å². The van der Waals surface area contributed by atoms with Gasteiger partial charge in [-0.1, -0.05) is 50.2 Å². The van der Waals surface area contributed by atoms with Crippen molar-refractivity contribution in [3.8, 4) is 22.4 Å². The number of halogens is 1. The molecule has 4 aromatic rings. The van der Waals surface area contributed by atoms with Crippen molar-refractivity contribution in [2.75, 3.05) is 0 Å². The average molecular weight is 409 g/mol. The third-order valence-corrected chi connectivity index (χ3v) is 5.93. The van der Waals surface area contributed by atoms with Crippen LogP contribution in [-0.2, 0) is 10.0 Å². The molecule has 0 radical (unpaired) electrons. The first kappa shape index (κ1) is 19.3. The Kier molecular flexibility index (Phi) is 4.72. The number of fused-ring (bicyclic) bond motifs is 1. The number of rotatable bonds is 4. The zero-order valence-electron chi connectivity index (χ0n) is 16.0. The number of hydrogen-bond acceptors (Lipinski definition) is 3. The maximum atomic E-state index is 13.6. The van der Waals surface area contributed by atoms with Crippen molar-refractivity contribution in [3.63, 3.8) is 0 Å². The normalized spacial score (nSPS) is 12.0. The van der Waals surface area contributed by atoms with Gasteiger partial charge in [-0.3, -0.25) is 5.10 Å². The van der Waals surface area contributed by atoms with Crippen LogP contribution in [0.4, 0.5) is 4.39 Å². The van der Waals surface area contributed by atoms with Crippen LogP contribution >= 0.6 is 0 Å². The highest BCUT2D eigenvalue weighted by Crippen LogP contribution is 2.39. The second-order valence-electron chi connectivity index (χ2n) is 7.26. The smallest absolute Gasteiger partial charge is 0.238 e. The Bertz CT molecular complexity index is 1310. The van der Waals surface area contributed by atoms with Gasteiger partial charge >= 0.3 is 0 Å². The number of nitrogens with two attached hydrogens (primary N) is 1. The molecule has 3 aromatic carbocycles. The molecule has 0 aliphatic heterocycles. The Morgan fingerprint density at radius 3 is 2.41 bits per heavy atom. The summed E-state index contributed by atoms with van der Waals surface area (Å²) in [4.78, 5) is 0.0190. The fourth-order valence-electron chi connectivity index (χ4n) is 3.50. The lowest BCUT2D eigenvalue weighted by atomic mass is 9.94. The number of H-pyrrole nitrogens is 1. The number of nitrogens with one attached hydrogen (secondary N) is 1. The Morgan fingerprint density at radius 1 is 1.03 bits per heavy atom. The van der Waals surface area contributed by atoms with E-state index in [1.807, 2.05) is 24.3 Å². The van der Waals surface area contributed by atoms with E-state index in [1.165, 1.54) is 18.2 Å². The first-order valence-electron chi connectivity index (χ1n) is 9.16. The molecule has 29 heavy (non-hydrogen) atoms. The van der Waals surface area contributed by atoms with Crippen LogP contribution in [-0.4, -0.2) is 18.6 Å². The minimum Gasteiger partial charge on any atom is -0.277 e. The first-order valence-corrected chi connectivity index (χ1v) is 10.7. The summed E-state index contributed by atoms with van der Waals surface area (Å²) in [7, 11) is -3.98. The molecule has 0 bridgehead atoms. The Balaban J connectivity index is 2.02. The fraction of sp³-hybridized carbons (Fsp3) is 0.136. The first-order chi connectivity index (χ1) is 13.8. The summed E-state index contributed by atoms with van der Waals surface area (Å²) in [6.45, 7) is 4.18. The second kappa shape index (κ2) is 7.09. The van der Waals surface area contributed by atoms with Crippen LogP contribution in [0.15, 0.2) is 65.6 Å². The van der Waals surface area contributed by atoms with Crippen molar-refractivity contribution in [1.29, 1.82) is 0 Å². The number of sulfonamides is 1. The lowest BCUT2D eigenvalue weighted by Crippen LogP contribution is -2.14. The standard InChI is InChI=1S/C22H20FN3O2S/c1-13(2)14-6-8-15(9-7-14)21-18(4-3-5-20(21)29(24,27)28)22-17-11-10-16(23)12-19(17)25-26-22/h3-13H,1-2H3,(H,25,26)(H2,24,27,28). The molecule has 0 fully saturated rings. The molecule has 0 aliphatic carbocycles. The monoisotopic (exact) mass is 409 g/mol. The van der Waals surface area contributed by atoms with Gasteiger partial charge in [0.15, 0.2) is 0 Å². The van der Waals surface area contributed by atoms with E-state index in [1.54, 1.807) is 18.2 Å². The summed E-state index contributed by atoms with van der Waals surface area (Å²) in [5.41, 5.74) is 4.00. The van der Waals surface area contributed by atoms with Crippen molar-refractivity contribution >= 4 is 20.9 Å². The SMILES string of the molecule is CC(C)c1ccc(-c2c(-c3n[nH]c4cc(F)ccc34)cccc2S(N)(=O)=O)cc1. The van der Waals surface area contributed by atoms with Gasteiger partial charge in [0, 0.05) is 16.5 Å². The summed E-state index contributed by atoms with van der Waals surface area (Å²) in [5.74, 6) is -0.0299. The van der Waals surface area contributed by atoms with Crippen LogP contribution in [0.2, 0.25) is 0 Å². The molecule has 0 aliphatic rings. The zero-order chi connectivity index (χ0) is 20.8. The van der Waals surface area contributed by atoms with Crippen molar-refractivity contribution < 1.29 is 12.8 Å². The number of primary sulfonamides is 1. The molecule has 0 amide bonds. The van der Waals surface area contributed by atoms with Gasteiger partial charge in [-0.05, 0) is 41.3 Å². The average Bonchev–Trinajstić information content (AvgIpc) is 3.09. The summed E-state index contributed by atoms with van der Waals surface area (Å²) >= 11 is 0. The molecule has 0 saturated heterocycles. The Hall–Kier alpha value is -3.03. The molecule has 148 valence electrons. The van der Waals surface area contributed by atoms with E-state index in [0.717, 1.165) is 5.56 Å². The number of nitrogens with zero attached hydrogens (tertiary/aromatic N) is 1. The summed E-state index contributed by atoms with van der Waals surface area (Å²) in [6.07, 6.45) is 0. The number of aromatic nitrogens is 2. The maximum Gasteiger partial charge on any atom is 0.238 e. The minimum atomic E-state index is -3.98. The molecule has 0 spiro atoms. The number of benzene rings is 3. The van der Waals surface area contributed by atoms with Crippen molar-refractivity contribution in [1.82, 2.24) is 10.2 Å². The lowest BCUT2D eigenvalue weighted by molar-refractivity contribution is 0.598. The van der Waals surface area contributed by atoms with Crippen molar-refractivity contribution in [2.45, 2.75) is 24.7 Å². The zero-order valence-corrected chi connectivity index (χ0v) is 16.8. The van der Waals surface area contributed by atoms with E-state index in [-0.39, 0.29) is 10.7 Å². The highest BCUT2D eigenvalue weighted by atomic mass is 32.2. The van der Waals surface area contributed by atoms with Crippen LogP contribution < -0.4 is 5.14 Å². The summed E-state index contributed by atoms with van der Waals surface area (Å²) in [5, 5.41) is 13.4. The van der Waals surface area contributed by atoms with Crippen LogP contribution in [0.3, 0.4) is 0 Å². The molecule has 3 N–H and O–H groups in total. The van der Waals surface area contributed by atoms with Gasteiger partial charge < -0.3 is 0 Å². The molecular weight excluding hydrogens is 389 g/mol. The van der Waals surface area contributed by atoms with Gasteiger partial charge in [-0.25, -0.2) is 17.9 Å². The number of aromatic amines is 1. The van der Waals surface area contributed by atoms with Crippen LogP contribution in [0.25, 0.3) is 33.3 Å². The summed E-state index contributed by atoms with van der Waals surface area (Å²) in [6, 6.07) is 17.0. The van der Waals surface area contributed by atoms with E-state index < -0.39 is 10.0 Å². The minimum absolute atomic E-state index is 0.0190. The number of hydrogen-bond donors (Lipinski definition) is 2. The van der Waals surface area contributed by atoms with Gasteiger partial charge in [0.25, 0.3) is 0 Å². The molecule has 0 atom stereocenters. The third kappa shape index (κ3) is 3.54. The van der Waals surface area contributed by atoms with E-state index >= 15 is 0 Å². The third-order valence-electron chi connectivity index (χ3n) is 4.98. The Morgan fingerprint density at radius 2 is 1.76 bits per heavy atom. The summed E-state index contributed by atoms with van der Waals surface area (Å²) < 4.78 is 38.2. The Labute approximate surface area is 168 Å². The second-order valence-corrected chi connectivity index (χ2v) is 8.79. The topological polar surface area (TPSA) is 88.8 Å². The van der Waals surface area contributed by atoms with E-state index in [4.69, 9.17) is 5.14 Å². The predicted molar refractivity (Wildman–Crippen MR) is 112 cm³/mol. The van der Waals surface area contributed by atoms with Crippen LogP contribution in [0.5, 0.6) is 0 Å². The molecule has 5 nitrogen and oxygen atoms in total.